The lowest BCUT2D eigenvalue weighted by molar-refractivity contribution is -0.148. The van der Waals surface area contributed by atoms with Gasteiger partial charge in [0, 0.05) is 13.8 Å². The lowest BCUT2D eigenvalue weighted by atomic mass is 9.84. The van der Waals surface area contributed by atoms with E-state index in [0.717, 1.165) is 18.4 Å². The highest BCUT2D eigenvalue weighted by Gasteiger charge is 2.33. The third kappa shape index (κ3) is 3.47. The van der Waals surface area contributed by atoms with Gasteiger partial charge in [-0.2, -0.15) is 0 Å². The van der Waals surface area contributed by atoms with Crippen LogP contribution in [-0.2, 0) is 19.1 Å². The van der Waals surface area contributed by atoms with E-state index in [4.69, 9.17) is 9.47 Å². The minimum absolute atomic E-state index is 0.224. The molecule has 0 fully saturated rings. The fraction of sp³-hybridized carbons (Fsp3) is 0.375. The molecular formula is C16H18O4. The molecule has 106 valence electrons. The van der Waals surface area contributed by atoms with Gasteiger partial charge in [0.25, 0.3) is 0 Å². The smallest absolute Gasteiger partial charge is 0.307 e. The van der Waals surface area contributed by atoms with Gasteiger partial charge in [-0.3, -0.25) is 9.59 Å². The van der Waals surface area contributed by atoms with Crippen LogP contribution in [0.2, 0.25) is 0 Å². The average Bonchev–Trinajstić information content (AvgIpc) is 2.38. The highest BCUT2D eigenvalue weighted by molar-refractivity contribution is 5.68. The summed E-state index contributed by atoms with van der Waals surface area (Å²) < 4.78 is 10.7. The molecule has 1 aliphatic carbocycles. The molecule has 0 bridgehead atoms. The molecule has 0 spiro atoms. The third-order valence-corrected chi connectivity index (χ3v) is 3.21. The van der Waals surface area contributed by atoms with E-state index in [0.29, 0.717) is 5.76 Å². The van der Waals surface area contributed by atoms with Crippen molar-refractivity contribution in [1.29, 1.82) is 0 Å². The van der Waals surface area contributed by atoms with E-state index in [-0.39, 0.29) is 24.0 Å². The second kappa shape index (κ2) is 6.37. The monoisotopic (exact) mass is 274 g/mol. The Morgan fingerprint density at radius 3 is 2.40 bits per heavy atom. The fourth-order valence-corrected chi connectivity index (χ4v) is 2.52. The minimum Gasteiger partial charge on any atom is -0.461 e. The quantitative estimate of drug-likeness (QED) is 0.795. The standard InChI is InChI=1S/C16H18O4/c1-11(17)19-14-9-6-10-15(20-12(2)18)16(14)13-7-4-3-5-8-13/h3-5,7-9,15-16H,6,10H2,1-2H3. The zero-order valence-electron chi connectivity index (χ0n) is 11.7. The van der Waals surface area contributed by atoms with Crippen LogP contribution < -0.4 is 0 Å². The maximum atomic E-state index is 11.3. The Kier molecular flexibility index (Phi) is 4.56. The molecule has 4 heteroatoms. The Morgan fingerprint density at radius 1 is 1.10 bits per heavy atom. The van der Waals surface area contributed by atoms with E-state index in [9.17, 15) is 9.59 Å². The summed E-state index contributed by atoms with van der Waals surface area (Å²) in [4.78, 5) is 22.5. The van der Waals surface area contributed by atoms with Gasteiger partial charge in [0.05, 0.1) is 5.92 Å². The van der Waals surface area contributed by atoms with Crippen LogP contribution in [0.25, 0.3) is 0 Å². The molecule has 4 nitrogen and oxygen atoms in total. The summed E-state index contributed by atoms with van der Waals surface area (Å²) in [7, 11) is 0. The largest absolute Gasteiger partial charge is 0.461 e. The van der Waals surface area contributed by atoms with Crippen LogP contribution in [0, 0.1) is 0 Å². The molecule has 2 rings (SSSR count). The summed E-state index contributed by atoms with van der Waals surface area (Å²) in [5.41, 5.74) is 0.978. The van der Waals surface area contributed by atoms with Crippen molar-refractivity contribution in [1.82, 2.24) is 0 Å². The van der Waals surface area contributed by atoms with Crippen LogP contribution in [0.3, 0.4) is 0 Å². The van der Waals surface area contributed by atoms with Crippen molar-refractivity contribution in [3.05, 3.63) is 47.7 Å². The fourth-order valence-electron chi connectivity index (χ4n) is 2.52. The molecule has 0 amide bonds. The van der Waals surface area contributed by atoms with Gasteiger partial charge in [0.15, 0.2) is 0 Å². The first-order valence-corrected chi connectivity index (χ1v) is 6.68. The number of carbonyl (C=O) groups is 2. The number of carbonyl (C=O) groups excluding carboxylic acids is 2. The van der Waals surface area contributed by atoms with Gasteiger partial charge in [-0.1, -0.05) is 30.3 Å². The summed E-state index contributed by atoms with van der Waals surface area (Å²) in [5, 5.41) is 0. The highest BCUT2D eigenvalue weighted by atomic mass is 16.6. The third-order valence-electron chi connectivity index (χ3n) is 3.21. The summed E-state index contributed by atoms with van der Waals surface area (Å²) >= 11 is 0. The van der Waals surface area contributed by atoms with Gasteiger partial charge in [-0.05, 0) is 24.5 Å². The van der Waals surface area contributed by atoms with Gasteiger partial charge < -0.3 is 9.47 Å². The Morgan fingerprint density at radius 2 is 1.80 bits per heavy atom. The first-order valence-electron chi connectivity index (χ1n) is 6.68. The maximum Gasteiger partial charge on any atom is 0.307 e. The van der Waals surface area contributed by atoms with Crippen LogP contribution in [0.15, 0.2) is 42.2 Å². The van der Waals surface area contributed by atoms with E-state index in [1.807, 2.05) is 36.4 Å². The topological polar surface area (TPSA) is 52.6 Å². The van der Waals surface area contributed by atoms with E-state index in [2.05, 4.69) is 0 Å². The van der Waals surface area contributed by atoms with Crippen molar-refractivity contribution in [2.45, 2.75) is 38.7 Å². The van der Waals surface area contributed by atoms with Crippen molar-refractivity contribution in [2.75, 3.05) is 0 Å². The molecule has 1 aromatic carbocycles. The number of hydrogen-bond donors (Lipinski definition) is 0. The second-order valence-corrected chi connectivity index (χ2v) is 4.81. The van der Waals surface area contributed by atoms with Crippen molar-refractivity contribution >= 4 is 11.9 Å². The molecule has 0 radical (unpaired) electrons. The molecule has 0 saturated heterocycles. The molecule has 0 heterocycles. The van der Waals surface area contributed by atoms with Crippen LogP contribution in [0.5, 0.6) is 0 Å². The molecule has 2 unspecified atom stereocenters. The molecule has 0 N–H and O–H groups in total. The summed E-state index contributed by atoms with van der Waals surface area (Å²) in [6.45, 7) is 2.77. The van der Waals surface area contributed by atoms with Gasteiger partial charge in [-0.15, -0.1) is 0 Å². The average molecular weight is 274 g/mol. The van der Waals surface area contributed by atoms with E-state index >= 15 is 0 Å². The molecule has 0 saturated carbocycles. The summed E-state index contributed by atoms with van der Waals surface area (Å²) in [5.74, 6) is -0.334. The van der Waals surface area contributed by atoms with Gasteiger partial charge in [0.2, 0.25) is 0 Å². The van der Waals surface area contributed by atoms with Crippen molar-refractivity contribution in [3.8, 4) is 0 Å². The van der Waals surface area contributed by atoms with E-state index < -0.39 is 0 Å². The van der Waals surface area contributed by atoms with Gasteiger partial charge in [0.1, 0.15) is 11.9 Å². The molecular weight excluding hydrogens is 256 g/mol. The molecule has 0 aliphatic heterocycles. The van der Waals surface area contributed by atoms with Crippen LogP contribution in [0.4, 0.5) is 0 Å². The zero-order chi connectivity index (χ0) is 14.5. The molecule has 1 aliphatic rings. The first-order chi connectivity index (χ1) is 9.58. The summed E-state index contributed by atoms with van der Waals surface area (Å²) in [6, 6.07) is 9.65. The Bertz CT molecular complexity index is 519. The van der Waals surface area contributed by atoms with Gasteiger partial charge in [-0.25, -0.2) is 0 Å². The van der Waals surface area contributed by atoms with Crippen LogP contribution in [-0.4, -0.2) is 18.0 Å². The Balaban J connectivity index is 2.33. The zero-order valence-corrected chi connectivity index (χ0v) is 11.7. The number of rotatable bonds is 3. The lowest BCUT2D eigenvalue weighted by Crippen LogP contribution is -2.30. The number of ether oxygens (including phenoxy) is 2. The van der Waals surface area contributed by atoms with E-state index in [1.54, 1.807) is 0 Å². The number of benzene rings is 1. The lowest BCUT2D eigenvalue weighted by Gasteiger charge is -2.31. The predicted octanol–water partition coefficient (Wildman–Crippen LogP) is 2.94. The van der Waals surface area contributed by atoms with Crippen molar-refractivity contribution in [2.24, 2.45) is 0 Å². The van der Waals surface area contributed by atoms with Gasteiger partial charge >= 0.3 is 11.9 Å². The van der Waals surface area contributed by atoms with Crippen molar-refractivity contribution in [3.63, 3.8) is 0 Å². The second-order valence-electron chi connectivity index (χ2n) is 4.81. The Hall–Kier alpha value is -2.10. The highest BCUT2D eigenvalue weighted by Crippen LogP contribution is 2.36. The minimum atomic E-state index is -0.361. The molecule has 2 atom stereocenters. The predicted molar refractivity (Wildman–Crippen MR) is 73.8 cm³/mol. The Labute approximate surface area is 118 Å². The number of hydrogen-bond acceptors (Lipinski definition) is 4. The molecule has 1 aromatic rings. The van der Waals surface area contributed by atoms with E-state index in [1.165, 1.54) is 13.8 Å². The summed E-state index contributed by atoms with van der Waals surface area (Å²) in [6.07, 6.45) is 3.06. The molecule has 20 heavy (non-hydrogen) atoms. The normalized spacial score (nSPS) is 21.8. The maximum absolute atomic E-state index is 11.3. The van der Waals surface area contributed by atoms with Crippen LogP contribution in [0.1, 0.15) is 38.2 Å². The first kappa shape index (κ1) is 14.3. The number of esters is 2. The SMILES string of the molecule is CC(=O)OC1=CCCC(OC(C)=O)C1c1ccccc1. The number of allylic oxidation sites excluding steroid dienone is 1. The molecule has 0 aromatic heterocycles. The van der Waals surface area contributed by atoms with Crippen molar-refractivity contribution < 1.29 is 19.1 Å². The van der Waals surface area contributed by atoms with Crippen LogP contribution >= 0.6 is 0 Å².